The third-order valence-corrected chi connectivity index (χ3v) is 4.33. The number of piperidine rings is 3. The van der Waals surface area contributed by atoms with Crippen LogP contribution in [0.2, 0.25) is 5.02 Å². The van der Waals surface area contributed by atoms with Crippen molar-refractivity contribution in [3.8, 4) is 5.75 Å². The molecule has 3 aliphatic heterocycles. The number of fused-ring (bicyclic) bond motifs is 3. The lowest BCUT2D eigenvalue weighted by Crippen LogP contribution is -2.51. The van der Waals surface area contributed by atoms with Crippen LogP contribution in [0.3, 0.4) is 0 Å². The second kappa shape index (κ2) is 5.06. The Hall–Kier alpha value is -0.800. The molecule has 0 radical (unpaired) electrons. The SMILES string of the molecule is Fc1cc(Cl)ccc1OCC1CC2CCN1CC2. The number of rotatable bonds is 3. The van der Waals surface area contributed by atoms with Gasteiger partial charge in [-0.25, -0.2) is 4.39 Å². The Morgan fingerprint density at radius 1 is 1.33 bits per heavy atom. The molecule has 0 amide bonds. The summed E-state index contributed by atoms with van der Waals surface area (Å²) in [5.74, 6) is 0.777. The molecule has 3 heterocycles. The van der Waals surface area contributed by atoms with E-state index in [1.165, 1.54) is 38.4 Å². The van der Waals surface area contributed by atoms with Crippen molar-refractivity contribution in [1.82, 2.24) is 4.90 Å². The maximum atomic E-state index is 13.6. The van der Waals surface area contributed by atoms with Gasteiger partial charge >= 0.3 is 0 Å². The molecule has 0 spiro atoms. The summed E-state index contributed by atoms with van der Waals surface area (Å²) in [5.41, 5.74) is 0. The number of hydrogen-bond acceptors (Lipinski definition) is 2. The third-order valence-electron chi connectivity index (χ3n) is 4.10. The molecule has 3 aliphatic rings. The fourth-order valence-corrected chi connectivity index (χ4v) is 3.20. The molecule has 3 fully saturated rings. The fourth-order valence-electron chi connectivity index (χ4n) is 3.04. The Balaban J connectivity index is 1.61. The van der Waals surface area contributed by atoms with E-state index in [2.05, 4.69) is 4.90 Å². The lowest BCUT2D eigenvalue weighted by molar-refractivity contribution is 0.0231. The van der Waals surface area contributed by atoms with Gasteiger partial charge in [0.1, 0.15) is 6.61 Å². The van der Waals surface area contributed by atoms with Crippen LogP contribution < -0.4 is 4.74 Å². The molecule has 1 atom stereocenters. The van der Waals surface area contributed by atoms with Crippen molar-refractivity contribution in [2.45, 2.75) is 25.3 Å². The highest BCUT2D eigenvalue weighted by atomic mass is 35.5. The van der Waals surface area contributed by atoms with Gasteiger partial charge in [0.05, 0.1) is 0 Å². The van der Waals surface area contributed by atoms with Crippen LogP contribution >= 0.6 is 11.6 Å². The van der Waals surface area contributed by atoms with Crippen molar-refractivity contribution in [3.05, 3.63) is 29.0 Å². The highest BCUT2D eigenvalue weighted by Gasteiger charge is 2.33. The maximum absolute atomic E-state index is 13.6. The maximum Gasteiger partial charge on any atom is 0.166 e. The molecule has 1 aromatic carbocycles. The summed E-state index contributed by atoms with van der Waals surface area (Å²) in [6.45, 7) is 2.92. The predicted molar refractivity (Wildman–Crippen MR) is 69.6 cm³/mol. The number of halogens is 2. The zero-order valence-electron chi connectivity index (χ0n) is 10.2. The summed E-state index contributed by atoms with van der Waals surface area (Å²) >= 11 is 5.71. The minimum absolute atomic E-state index is 0.307. The van der Waals surface area contributed by atoms with Gasteiger partial charge in [-0.3, -0.25) is 4.90 Å². The van der Waals surface area contributed by atoms with Gasteiger partial charge < -0.3 is 4.74 Å². The molecule has 4 rings (SSSR count). The van der Waals surface area contributed by atoms with Crippen molar-refractivity contribution in [3.63, 3.8) is 0 Å². The topological polar surface area (TPSA) is 12.5 Å². The molecule has 98 valence electrons. The van der Waals surface area contributed by atoms with E-state index in [-0.39, 0.29) is 5.82 Å². The summed E-state index contributed by atoms with van der Waals surface area (Å²) in [6, 6.07) is 5.01. The van der Waals surface area contributed by atoms with E-state index in [1.807, 2.05) is 0 Å². The van der Waals surface area contributed by atoms with Crippen LogP contribution in [0.15, 0.2) is 18.2 Å². The first-order valence-corrected chi connectivity index (χ1v) is 6.92. The van der Waals surface area contributed by atoms with E-state index in [1.54, 1.807) is 12.1 Å². The van der Waals surface area contributed by atoms with E-state index in [4.69, 9.17) is 16.3 Å². The molecule has 1 unspecified atom stereocenters. The van der Waals surface area contributed by atoms with E-state index >= 15 is 0 Å². The first kappa shape index (κ1) is 12.2. The second-order valence-electron chi connectivity index (χ2n) is 5.25. The molecule has 2 nitrogen and oxygen atoms in total. The Bertz CT molecular complexity index is 432. The molecule has 4 heteroatoms. The Morgan fingerprint density at radius 3 is 2.72 bits per heavy atom. The average Bonchev–Trinajstić information content (AvgIpc) is 2.39. The summed E-state index contributed by atoms with van der Waals surface area (Å²) < 4.78 is 19.2. The second-order valence-corrected chi connectivity index (χ2v) is 5.69. The molecule has 0 N–H and O–H groups in total. The minimum atomic E-state index is -0.376. The lowest BCUT2D eigenvalue weighted by atomic mass is 9.83. The third kappa shape index (κ3) is 2.47. The monoisotopic (exact) mass is 269 g/mol. The molecule has 3 saturated heterocycles. The highest BCUT2D eigenvalue weighted by Crippen LogP contribution is 2.32. The first-order chi connectivity index (χ1) is 8.72. The molecule has 0 aromatic heterocycles. The molecule has 18 heavy (non-hydrogen) atoms. The van der Waals surface area contributed by atoms with Gasteiger partial charge in [-0.2, -0.15) is 0 Å². The van der Waals surface area contributed by atoms with Gasteiger partial charge in [-0.15, -0.1) is 0 Å². The van der Waals surface area contributed by atoms with Crippen LogP contribution in [0.4, 0.5) is 4.39 Å². The Kier molecular flexibility index (Phi) is 3.44. The van der Waals surface area contributed by atoms with Crippen molar-refractivity contribution < 1.29 is 9.13 Å². The first-order valence-electron chi connectivity index (χ1n) is 6.54. The summed E-state index contributed by atoms with van der Waals surface area (Å²) in [5, 5.41) is 0.403. The van der Waals surface area contributed by atoms with Crippen LogP contribution in [0.25, 0.3) is 0 Å². The number of hydrogen-bond donors (Lipinski definition) is 0. The highest BCUT2D eigenvalue weighted by molar-refractivity contribution is 6.30. The largest absolute Gasteiger partial charge is 0.489 e. The smallest absolute Gasteiger partial charge is 0.166 e. The number of ether oxygens (including phenoxy) is 1. The average molecular weight is 270 g/mol. The van der Waals surface area contributed by atoms with Gasteiger partial charge in [-0.1, -0.05) is 11.6 Å². The predicted octanol–water partition coefficient (Wildman–Crippen LogP) is 3.34. The molecule has 0 saturated carbocycles. The summed E-state index contributed by atoms with van der Waals surface area (Å²) in [7, 11) is 0. The summed E-state index contributed by atoms with van der Waals surface area (Å²) in [4.78, 5) is 2.47. The fraction of sp³-hybridized carbons (Fsp3) is 0.571. The number of nitrogens with zero attached hydrogens (tertiary/aromatic N) is 1. The van der Waals surface area contributed by atoms with Crippen molar-refractivity contribution in [2.75, 3.05) is 19.7 Å². The quantitative estimate of drug-likeness (QED) is 0.834. The van der Waals surface area contributed by atoms with Gasteiger partial charge in [0.25, 0.3) is 0 Å². The van der Waals surface area contributed by atoms with Crippen molar-refractivity contribution in [1.29, 1.82) is 0 Å². The molecule has 0 aliphatic carbocycles. The molecule has 1 aromatic rings. The minimum Gasteiger partial charge on any atom is -0.489 e. The zero-order chi connectivity index (χ0) is 12.5. The van der Waals surface area contributed by atoms with Crippen LogP contribution in [-0.4, -0.2) is 30.6 Å². The molecular weight excluding hydrogens is 253 g/mol. The van der Waals surface area contributed by atoms with Crippen molar-refractivity contribution in [2.24, 2.45) is 5.92 Å². The van der Waals surface area contributed by atoms with Gasteiger partial charge in [0.15, 0.2) is 11.6 Å². The Labute approximate surface area is 112 Å². The normalized spacial score (nSPS) is 30.4. The summed E-state index contributed by atoms with van der Waals surface area (Å²) in [6.07, 6.45) is 3.81. The van der Waals surface area contributed by atoms with Crippen LogP contribution in [0.5, 0.6) is 5.75 Å². The van der Waals surface area contributed by atoms with Gasteiger partial charge in [0.2, 0.25) is 0 Å². The van der Waals surface area contributed by atoms with E-state index < -0.39 is 0 Å². The molecular formula is C14H17ClFNO. The van der Waals surface area contributed by atoms with Gasteiger partial charge in [-0.05, 0) is 56.5 Å². The molecule has 2 bridgehead atoms. The van der Waals surface area contributed by atoms with E-state index in [9.17, 15) is 4.39 Å². The van der Waals surface area contributed by atoms with E-state index in [0.29, 0.717) is 23.4 Å². The van der Waals surface area contributed by atoms with E-state index in [0.717, 1.165) is 5.92 Å². The van der Waals surface area contributed by atoms with Crippen molar-refractivity contribution >= 4 is 11.6 Å². The zero-order valence-corrected chi connectivity index (χ0v) is 11.0. The number of benzene rings is 1. The van der Waals surface area contributed by atoms with Gasteiger partial charge in [0, 0.05) is 11.1 Å². The Morgan fingerprint density at radius 2 is 2.11 bits per heavy atom. The van der Waals surface area contributed by atoms with Crippen LogP contribution in [0, 0.1) is 11.7 Å². The van der Waals surface area contributed by atoms with Crippen LogP contribution in [0.1, 0.15) is 19.3 Å². The van der Waals surface area contributed by atoms with Crippen LogP contribution in [-0.2, 0) is 0 Å². The lowest BCUT2D eigenvalue weighted by Gasteiger charge is -2.45. The standard InChI is InChI=1S/C14H17ClFNO/c15-11-1-2-14(13(16)8-11)18-9-12-7-10-3-5-17(12)6-4-10/h1-2,8,10,12H,3-7,9H2.